The van der Waals surface area contributed by atoms with E-state index in [0.29, 0.717) is 11.4 Å². The fourth-order valence-corrected chi connectivity index (χ4v) is 1.04. The Bertz CT molecular complexity index is 366. The number of esters is 1. The third-order valence-electron chi connectivity index (χ3n) is 1.83. The zero-order chi connectivity index (χ0) is 10.7. The Balaban J connectivity index is 0.00000196. The third kappa shape index (κ3) is 2.50. The average Bonchev–Trinajstić information content (AvgIpc) is 2.20. The van der Waals surface area contributed by atoms with Gasteiger partial charge in [-0.05, 0) is 6.07 Å². The number of hydrogen-bond donors (Lipinski definition) is 3. The lowest BCUT2D eigenvalue weighted by atomic mass is 10.1. The first-order chi connectivity index (χ1) is 6.60. The van der Waals surface area contributed by atoms with Gasteiger partial charge in [0.25, 0.3) is 0 Å². The zero-order valence-corrected chi connectivity index (χ0v) is 8.74. The number of anilines is 2. The first kappa shape index (κ1) is 13.1. The Kier molecular flexibility index (Phi) is 4.40. The van der Waals surface area contributed by atoms with Gasteiger partial charge in [0, 0.05) is 6.07 Å². The second-order valence-corrected chi connectivity index (χ2v) is 2.67. The van der Waals surface area contributed by atoms with E-state index in [9.17, 15) is 4.79 Å². The van der Waals surface area contributed by atoms with Crippen LogP contribution in [0.5, 0.6) is 5.75 Å². The van der Waals surface area contributed by atoms with Crippen LogP contribution in [0.1, 0.15) is 10.4 Å². The highest BCUT2D eigenvalue weighted by Crippen LogP contribution is 2.27. The van der Waals surface area contributed by atoms with Gasteiger partial charge in [0.05, 0.1) is 31.2 Å². The largest absolute Gasteiger partial charge is 0.497 e. The van der Waals surface area contributed by atoms with Crippen LogP contribution in [0.3, 0.4) is 0 Å². The maximum atomic E-state index is 11.2. The number of carbonyl (C=O) groups excluding carboxylic acids is 1. The molecule has 1 aromatic rings. The smallest absolute Gasteiger partial charge is 0.340 e. The molecule has 0 amide bonds. The Morgan fingerprint density at radius 1 is 1.27 bits per heavy atom. The van der Waals surface area contributed by atoms with Gasteiger partial charge in [-0.3, -0.25) is 0 Å². The lowest BCUT2D eigenvalue weighted by Crippen LogP contribution is -2.08. The van der Waals surface area contributed by atoms with E-state index >= 15 is 0 Å². The summed E-state index contributed by atoms with van der Waals surface area (Å²) in [6, 6.07) is 3.03. The summed E-state index contributed by atoms with van der Waals surface area (Å²) in [7, 11) is 2.75. The van der Waals surface area contributed by atoms with Crippen LogP contribution in [0.25, 0.3) is 0 Å². The van der Waals surface area contributed by atoms with Crippen molar-refractivity contribution in [3.8, 4) is 5.75 Å². The quantitative estimate of drug-likeness (QED) is 0.493. The molecule has 84 valence electrons. The maximum absolute atomic E-state index is 11.2. The number of nitrogens with two attached hydrogens (primary N) is 2. The monoisotopic (exact) mass is 213 g/mol. The van der Waals surface area contributed by atoms with Crippen molar-refractivity contribution in [2.75, 3.05) is 25.7 Å². The molecule has 7 N–H and O–H groups in total. The molecule has 0 spiro atoms. The Labute approximate surface area is 87.7 Å². The van der Waals surface area contributed by atoms with Gasteiger partial charge >= 0.3 is 5.97 Å². The topological polar surface area (TPSA) is 123 Å². The van der Waals surface area contributed by atoms with Gasteiger partial charge in [0.2, 0.25) is 0 Å². The molecule has 0 aromatic heterocycles. The SMILES string of the molecule is COC(=O)c1cc(OC)cc(N)c1N.N. The standard InChI is InChI=1S/C9H12N2O3.H3N/c1-13-5-3-6(9(12)14-2)8(11)7(10)4-5;/h3-4H,10-11H2,1-2H3;1H3. The molecule has 6 nitrogen and oxygen atoms in total. The molecule has 1 aromatic carbocycles. The van der Waals surface area contributed by atoms with Gasteiger partial charge in [-0.15, -0.1) is 0 Å². The fraction of sp³-hybridized carbons (Fsp3) is 0.222. The number of ether oxygens (including phenoxy) is 2. The van der Waals surface area contributed by atoms with Gasteiger partial charge < -0.3 is 27.1 Å². The number of carbonyl (C=O) groups is 1. The van der Waals surface area contributed by atoms with Crippen LogP contribution in [-0.2, 0) is 4.74 Å². The van der Waals surface area contributed by atoms with E-state index in [1.54, 1.807) is 6.07 Å². The molecule has 0 aliphatic heterocycles. The second-order valence-electron chi connectivity index (χ2n) is 2.67. The van der Waals surface area contributed by atoms with Crippen LogP contribution in [0.15, 0.2) is 12.1 Å². The molecule has 0 heterocycles. The predicted octanol–water partition coefficient (Wildman–Crippen LogP) is 0.808. The van der Waals surface area contributed by atoms with Crippen molar-refractivity contribution >= 4 is 17.3 Å². The number of nitrogen functional groups attached to an aromatic ring is 2. The minimum absolute atomic E-state index is 0. The summed E-state index contributed by atoms with van der Waals surface area (Å²) >= 11 is 0. The summed E-state index contributed by atoms with van der Waals surface area (Å²) in [5.74, 6) is -0.0646. The summed E-state index contributed by atoms with van der Waals surface area (Å²) in [6.45, 7) is 0. The van der Waals surface area contributed by atoms with Gasteiger partial charge in [0.15, 0.2) is 0 Å². The molecule has 0 unspecified atom stereocenters. The van der Waals surface area contributed by atoms with Gasteiger partial charge in [-0.25, -0.2) is 4.79 Å². The first-order valence-corrected chi connectivity index (χ1v) is 3.91. The number of hydrogen-bond acceptors (Lipinski definition) is 6. The van der Waals surface area contributed by atoms with Crippen molar-refractivity contribution < 1.29 is 14.3 Å². The third-order valence-corrected chi connectivity index (χ3v) is 1.83. The first-order valence-electron chi connectivity index (χ1n) is 3.91. The van der Waals surface area contributed by atoms with E-state index in [1.807, 2.05) is 0 Å². The van der Waals surface area contributed by atoms with Crippen LogP contribution in [0, 0.1) is 0 Å². The van der Waals surface area contributed by atoms with E-state index in [1.165, 1.54) is 20.3 Å². The molecule has 0 atom stereocenters. The highest BCUT2D eigenvalue weighted by molar-refractivity contribution is 5.98. The minimum Gasteiger partial charge on any atom is -0.497 e. The van der Waals surface area contributed by atoms with E-state index in [4.69, 9.17) is 16.2 Å². The Hall–Kier alpha value is -1.95. The number of rotatable bonds is 2. The molecule has 0 fully saturated rings. The van der Waals surface area contributed by atoms with Gasteiger partial charge in [0.1, 0.15) is 5.75 Å². The van der Waals surface area contributed by atoms with Crippen molar-refractivity contribution in [1.82, 2.24) is 6.15 Å². The molecule has 6 heteroatoms. The molecule has 0 saturated carbocycles. The summed E-state index contributed by atoms with van der Waals surface area (Å²) in [5, 5.41) is 0. The van der Waals surface area contributed by atoms with Crippen LogP contribution >= 0.6 is 0 Å². The summed E-state index contributed by atoms with van der Waals surface area (Å²) in [5.41, 5.74) is 11.9. The highest BCUT2D eigenvalue weighted by Gasteiger charge is 2.13. The second kappa shape index (κ2) is 5.06. The molecule has 0 radical (unpaired) electrons. The summed E-state index contributed by atoms with van der Waals surface area (Å²) in [6.07, 6.45) is 0. The zero-order valence-electron chi connectivity index (χ0n) is 8.74. The van der Waals surface area contributed by atoms with E-state index < -0.39 is 5.97 Å². The van der Waals surface area contributed by atoms with Crippen molar-refractivity contribution in [3.05, 3.63) is 17.7 Å². The molecular formula is C9H15N3O3. The Morgan fingerprint density at radius 3 is 2.33 bits per heavy atom. The predicted molar refractivity (Wildman–Crippen MR) is 58.2 cm³/mol. The van der Waals surface area contributed by atoms with Crippen molar-refractivity contribution in [3.63, 3.8) is 0 Å². The van der Waals surface area contributed by atoms with E-state index in [0.717, 1.165) is 0 Å². The molecule has 0 aliphatic carbocycles. The fourth-order valence-electron chi connectivity index (χ4n) is 1.04. The van der Waals surface area contributed by atoms with Crippen molar-refractivity contribution in [2.24, 2.45) is 0 Å². The van der Waals surface area contributed by atoms with Crippen LogP contribution in [-0.4, -0.2) is 20.2 Å². The molecular weight excluding hydrogens is 198 g/mol. The van der Waals surface area contributed by atoms with Crippen LogP contribution in [0.2, 0.25) is 0 Å². The molecule has 15 heavy (non-hydrogen) atoms. The molecule has 0 saturated heterocycles. The van der Waals surface area contributed by atoms with E-state index in [-0.39, 0.29) is 17.4 Å². The van der Waals surface area contributed by atoms with Crippen LogP contribution < -0.4 is 22.4 Å². The van der Waals surface area contributed by atoms with Crippen LogP contribution in [0.4, 0.5) is 11.4 Å². The van der Waals surface area contributed by atoms with Crippen molar-refractivity contribution in [2.45, 2.75) is 0 Å². The minimum atomic E-state index is -0.534. The lowest BCUT2D eigenvalue weighted by molar-refractivity contribution is 0.0601. The van der Waals surface area contributed by atoms with Gasteiger partial charge in [-0.1, -0.05) is 0 Å². The summed E-state index contributed by atoms with van der Waals surface area (Å²) < 4.78 is 9.48. The molecule has 0 bridgehead atoms. The Morgan fingerprint density at radius 2 is 1.87 bits per heavy atom. The summed E-state index contributed by atoms with van der Waals surface area (Å²) in [4.78, 5) is 11.2. The maximum Gasteiger partial charge on any atom is 0.340 e. The number of benzene rings is 1. The average molecular weight is 213 g/mol. The lowest BCUT2D eigenvalue weighted by Gasteiger charge is -2.08. The highest BCUT2D eigenvalue weighted by atomic mass is 16.5. The molecule has 0 aliphatic rings. The van der Waals surface area contributed by atoms with Gasteiger partial charge in [-0.2, -0.15) is 0 Å². The molecule has 1 rings (SSSR count). The van der Waals surface area contributed by atoms with Crippen molar-refractivity contribution in [1.29, 1.82) is 0 Å². The normalized spacial score (nSPS) is 8.93. The number of methoxy groups -OCH3 is 2. The van der Waals surface area contributed by atoms with E-state index in [2.05, 4.69) is 4.74 Å².